The van der Waals surface area contributed by atoms with Gasteiger partial charge in [-0.3, -0.25) is 9.47 Å². The van der Waals surface area contributed by atoms with Gasteiger partial charge in [-0.15, -0.1) is 0 Å². The summed E-state index contributed by atoms with van der Waals surface area (Å²) in [6.07, 6.45) is 0. The third kappa shape index (κ3) is 3.57. The van der Waals surface area contributed by atoms with Crippen LogP contribution in [0.2, 0.25) is 0 Å². The van der Waals surface area contributed by atoms with E-state index in [-0.39, 0.29) is 5.76 Å². The molecule has 1 fully saturated rings. The van der Waals surface area contributed by atoms with E-state index in [1.54, 1.807) is 11.7 Å². The van der Waals surface area contributed by atoms with Gasteiger partial charge in [0, 0.05) is 38.1 Å². The number of aromatic nitrogens is 1. The van der Waals surface area contributed by atoms with Crippen LogP contribution in [0.1, 0.15) is 11.5 Å². The molecule has 1 aromatic heterocycles. The summed E-state index contributed by atoms with van der Waals surface area (Å²) < 4.78 is 12.4. The molecule has 0 unspecified atom stereocenters. The molecule has 28 heavy (non-hydrogen) atoms. The molecular formula is C22H27N3O3. The Kier molecular flexibility index (Phi) is 5.24. The Labute approximate surface area is 164 Å². The van der Waals surface area contributed by atoms with Crippen LogP contribution in [-0.2, 0) is 6.54 Å². The number of oxazole rings is 1. The average molecular weight is 381 g/mol. The Hall–Kier alpha value is -2.57. The van der Waals surface area contributed by atoms with Crippen molar-refractivity contribution in [3.05, 3.63) is 64.6 Å². The number of benzene rings is 2. The number of para-hydroxylation sites is 2. The van der Waals surface area contributed by atoms with Gasteiger partial charge in [-0.05, 0) is 43.9 Å². The molecule has 6 heteroatoms. The molecule has 1 aliphatic rings. The van der Waals surface area contributed by atoms with Gasteiger partial charge in [0.2, 0.25) is 0 Å². The maximum absolute atomic E-state index is 12.2. The van der Waals surface area contributed by atoms with Crippen molar-refractivity contribution in [1.82, 2.24) is 14.4 Å². The first-order valence-corrected chi connectivity index (χ1v) is 9.68. The minimum absolute atomic E-state index is 0.281. The largest absolute Gasteiger partial charge is 0.497 e. The number of fused-ring (bicyclic) bond motifs is 1. The Morgan fingerprint density at radius 1 is 1.07 bits per heavy atom. The van der Waals surface area contributed by atoms with Crippen molar-refractivity contribution in [2.75, 3.05) is 40.8 Å². The van der Waals surface area contributed by atoms with Crippen molar-refractivity contribution in [2.24, 2.45) is 0 Å². The van der Waals surface area contributed by atoms with Crippen LogP contribution in [0.25, 0.3) is 11.1 Å². The molecule has 6 nitrogen and oxygen atoms in total. The lowest BCUT2D eigenvalue weighted by Gasteiger charge is -2.25. The van der Waals surface area contributed by atoms with Gasteiger partial charge in [-0.2, -0.15) is 0 Å². The zero-order valence-corrected chi connectivity index (χ0v) is 16.7. The van der Waals surface area contributed by atoms with Crippen LogP contribution in [0.3, 0.4) is 0 Å². The topological polar surface area (TPSA) is 50.9 Å². The van der Waals surface area contributed by atoms with Gasteiger partial charge >= 0.3 is 5.76 Å². The second-order valence-corrected chi connectivity index (χ2v) is 7.66. The summed E-state index contributed by atoms with van der Waals surface area (Å²) in [6.45, 7) is 3.40. The first-order chi connectivity index (χ1) is 13.6. The SMILES string of the molecule is COc1ccc([C@@H]2CN(CCn3c(=O)oc4ccccc43)C[C@H]2N(C)C)cc1. The summed E-state index contributed by atoms with van der Waals surface area (Å²) in [5, 5.41) is 0. The van der Waals surface area contributed by atoms with Crippen LogP contribution >= 0.6 is 0 Å². The van der Waals surface area contributed by atoms with Gasteiger partial charge in [0.1, 0.15) is 5.75 Å². The molecule has 0 bridgehead atoms. The minimum atomic E-state index is -0.281. The van der Waals surface area contributed by atoms with E-state index >= 15 is 0 Å². The van der Waals surface area contributed by atoms with Crippen LogP contribution in [0, 0.1) is 0 Å². The normalized spacial score (nSPS) is 20.3. The van der Waals surface area contributed by atoms with Crippen molar-refractivity contribution in [3.63, 3.8) is 0 Å². The van der Waals surface area contributed by atoms with Gasteiger partial charge in [-0.25, -0.2) is 4.79 Å². The first kappa shape index (κ1) is 18.8. The quantitative estimate of drug-likeness (QED) is 0.657. The maximum atomic E-state index is 12.2. The number of hydrogen-bond acceptors (Lipinski definition) is 5. The first-order valence-electron chi connectivity index (χ1n) is 9.68. The smallest absolute Gasteiger partial charge is 0.419 e. The third-order valence-corrected chi connectivity index (χ3v) is 5.79. The van der Waals surface area contributed by atoms with E-state index in [0.717, 1.165) is 30.9 Å². The van der Waals surface area contributed by atoms with Crippen molar-refractivity contribution in [1.29, 1.82) is 0 Å². The highest BCUT2D eigenvalue weighted by Gasteiger charge is 2.35. The second-order valence-electron chi connectivity index (χ2n) is 7.66. The molecular weight excluding hydrogens is 354 g/mol. The highest BCUT2D eigenvalue weighted by molar-refractivity contribution is 5.72. The molecule has 0 N–H and O–H groups in total. The van der Waals surface area contributed by atoms with Crippen LogP contribution in [0.5, 0.6) is 5.75 Å². The molecule has 0 amide bonds. The Morgan fingerprint density at radius 2 is 1.82 bits per heavy atom. The van der Waals surface area contributed by atoms with Crippen LogP contribution in [-0.4, -0.2) is 61.2 Å². The molecule has 4 rings (SSSR count). The highest BCUT2D eigenvalue weighted by Crippen LogP contribution is 2.31. The lowest BCUT2D eigenvalue weighted by atomic mass is 9.93. The molecule has 0 spiro atoms. The van der Waals surface area contributed by atoms with Crippen molar-refractivity contribution < 1.29 is 9.15 Å². The summed E-state index contributed by atoms with van der Waals surface area (Å²) >= 11 is 0. The van der Waals surface area contributed by atoms with Crippen LogP contribution in [0.15, 0.2) is 57.7 Å². The molecule has 0 radical (unpaired) electrons. The number of rotatable bonds is 6. The average Bonchev–Trinajstić information content (AvgIpc) is 3.27. The standard InChI is InChI=1S/C22H27N3O3/c1-23(2)20-15-24(14-18(20)16-8-10-17(27-3)11-9-16)12-13-25-19-6-4-5-7-21(19)28-22(25)26/h4-11,18,20H,12-15H2,1-3H3/t18-,20+/m0/s1. The lowest BCUT2D eigenvalue weighted by molar-refractivity contribution is 0.258. The van der Waals surface area contributed by atoms with Crippen molar-refractivity contribution in [3.8, 4) is 5.75 Å². The molecule has 1 saturated heterocycles. The number of likely N-dealkylation sites (N-methyl/N-ethyl adjacent to an activating group) is 1. The van der Waals surface area contributed by atoms with E-state index in [9.17, 15) is 4.79 Å². The fraction of sp³-hybridized carbons (Fsp3) is 0.409. The fourth-order valence-electron chi connectivity index (χ4n) is 4.22. The molecule has 2 atom stereocenters. The third-order valence-electron chi connectivity index (χ3n) is 5.79. The van der Waals surface area contributed by atoms with E-state index < -0.39 is 0 Å². The zero-order valence-electron chi connectivity index (χ0n) is 16.7. The Morgan fingerprint density at radius 3 is 2.54 bits per heavy atom. The Balaban J connectivity index is 1.49. The molecule has 148 valence electrons. The van der Waals surface area contributed by atoms with E-state index in [1.165, 1.54) is 5.56 Å². The van der Waals surface area contributed by atoms with Crippen molar-refractivity contribution >= 4 is 11.1 Å². The van der Waals surface area contributed by atoms with E-state index in [1.807, 2.05) is 36.4 Å². The number of hydrogen-bond donors (Lipinski definition) is 0. The molecule has 1 aliphatic heterocycles. The van der Waals surface area contributed by atoms with Gasteiger partial charge in [0.05, 0.1) is 12.6 Å². The van der Waals surface area contributed by atoms with Crippen LogP contribution < -0.4 is 10.5 Å². The van der Waals surface area contributed by atoms with E-state index in [4.69, 9.17) is 9.15 Å². The lowest BCUT2D eigenvalue weighted by Crippen LogP contribution is -2.35. The second kappa shape index (κ2) is 7.81. The van der Waals surface area contributed by atoms with Crippen molar-refractivity contribution in [2.45, 2.75) is 18.5 Å². The molecule has 0 saturated carbocycles. The Bertz CT molecular complexity index is 990. The van der Waals surface area contributed by atoms with Gasteiger partial charge < -0.3 is 14.1 Å². The predicted molar refractivity (Wildman–Crippen MR) is 110 cm³/mol. The summed E-state index contributed by atoms with van der Waals surface area (Å²) in [5.74, 6) is 1.03. The molecule has 2 aromatic carbocycles. The zero-order chi connectivity index (χ0) is 19.7. The monoisotopic (exact) mass is 381 g/mol. The number of ether oxygens (including phenoxy) is 1. The van der Waals surface area contributed by atoms with E-state index in [2.05, 4.69) is 36.0 Å². The summed E-state index contributed by atoms with van der Waals surface area (Å²) in [5.41, 5.74) is 2.84. The van der Waals surface area contributed by atoms with E-state index in [0.29, 0.717) is 24.1 Å². The summed E-state index contributed by atoms with van der Waals surface area (Å²) in [4.78, 5) is 17.0. The summed E-state index contributed by atoms with van der Waals surface area (Å²) in [7, 11) is 5.97. The highest BCUT2D eigenvalue weighted by atomic mass is 16.5. The van der Waals surface area contributed by atoms with Crippen LogP contribution in [0.4, 0.5) is 0 Å². The summed E-state index contributed by atoms with van der Waals surface area (Å²) in [6, 6.07) is 16.4. The predicted octanol–water partition coefficient (Wildman–Crippen LogP) is 2.63. The number of nitrogens with zero attached hydrogens (tertiary/aromatic N) is 3. The van der Waals surface area contributed by atoms with Gasteiger partial charge in [0.15, 0.2) is 5.58 Å². The minimum Gasteiger partial charge on any atom is -0.497 e. The van der Waals surface area contributed by atoms with Gasteiger partial charge in [0.25, 0.3) is 0 Å². The molecule has 2 heterocycles. The number of methoxy groups -OCH3 is 1. The molecule has 0 aliphatic carbocycles. The number of likely N-dealkylation sites (tertiary alicyclic amines) is 1. The maximum Gasteiger partial charge on any atom is 0.419 e. The molecule has 3 aromatic rings. The van der Waals surface area contributed by atoms with Gasteiger partial charge in [-0.1, -0.05) is 24.3 Å². The fourth-order valence-corrected chi connectivity index (χ4v) is 4.22.